The molecule has 0 bridgehead atoms. The van der Waals surface area contributed by atoms with Crippen LogP contribution in [0.25, 0.3) is 0 Å². The minimum atomic E-state index is -0.825. The number of carbonyl (C=O) groups excluding carboxylic acids is 2. The van der Waals surface area contributed by atoms with Gasteiger partial charge in [0, 0.05) is 6.42 Å². The van der Waals surface area contributed by atoms with Crippen LogP contribution in [0.3, 0.4) is 0 Å². The maximum Gasteiger partial charge on any atom is 0.306 e. The molecular weight excluding hydrogens is 755 g/mol. The Kier molecular flexibility index (Phi) is 45.3. The van der Waals surface area contributed by atoms with Crippen LogP contribution in [0.15, 0.2) is 97.2 Å². The van der Waals surface area contributed by atoms with Gasteiger partial charge in [-0.25, -0.2) is 0 Å². The third kappa shape index (κ3) is 43.2. The van der Waals surface area contributed by atoms with Crippen molar-refractivity contribution in [2.45, 2.75) is 232 Å². The molecule has 0 spiro atoms. The lowest BCUT2D eigenvalue weighted by molar-refractivity contribution is -0.148. The molecule has 0 aliphatic rings. The lowest BCUT2D eigenvalue weighted by Crippen LogP contribution is -2.46. The SMILES string of the molecule is CC/C=C\C/C=C\C/C=C\C/C=C\C/C=C\C/C=C\C(CC(=O)NC(CO)C(O)CCCCCCCCCCCCC)OC(=O)CCCCCCCCC/C=C/C/C=C/CC. The van der Waals surface area contributed by atoms with Crippen LogP contribution in [0, 0.1) is 0 Å². The second-order valence-corrected chi connectivity index (χ2v) is 16.5. The van der Waals surface area contributed by atoms with Crippen molar-refractivity contribution in [3.63, 3.8) is 0 Å². The normalized spacial score (nSPS) is 14.1. The fraction of sp³-hybridized carbons (Fsp3) is 0.673. The molecule has 0 aromatic rings. The summed E-state index contributed by atoms with van der Waals surface area (Å²) in [5, 5.41) is 23.6. The number of hydrogen-bond donors (Lipinski definition) is 3. The fourth-order valence-corrected chi connectivity index (χ4v) is 6.93. The first kappa shape index (κ1) is 57.8. The summed E-state index contributed by atoms with van der Waals surface area (Å²) in [6, 6.07) is -0.748. The zero-order chi connectivity index (χ0) is 44.5. The topological polar surface area (TPSA) is 95.9 Å². The third-order valence-electron chi connectivity index (χ3n) is 10.7. The van der Waals surface area contributed by atoms with Crippen molar-refractivity contribution in [1.82, 2.24) is 5.32 Å². The molecular formula is C55H93NO5. The molecule has 0 aliphatic heterocycles. The zero-order valence-electron chi connectivity index (χ0n) is 39.5. The van der Waals surface area contributed by atoms with Crippen molar-refractivity contribution in [2.75, 3.05) is 6.61 Å². The molecule has 6 heteroatoms. The van der Waals surface area contributed by atoms with Gasteiger partial charge in [0.1, 0.15) is 6.10 Å². The molecule has 0 saturated heterocycles. The third-order valence-corrected chi connectivity index (χ3v) is 10.7. The van der Waals surface area contributed by atoms with Crippen molar-refractivity contribution in [1.29, 1.82) is 0 Å². The first-order valence-electron chi connectivity index (χ1n) is 25.0. The summed E-state index contributed by atoms with van der Waals surface area (Å²) >= 11 is 0. The predicted molar refractivity (Wildman–Crippen MR) is 264 cm³/mol. The molecule has 0 aromatic heterocycles. The summed E-state index contributed by atoms with van der Waals surface area (Å²) in [5.74, 6) is -0.647. The monoisotopic (exact) mass is 848 g/mol. The molecule has 0 aliphatic carbocycles. The largest absolute Gasteiger partial charge is 0.458 e. The van der Waals surface area contributed by atoms with Gasteiger partial charge in [-0.05, 0) is 83.1 Å². The van der Waals surface area contributed by atoms with Crippen LogP contribution in [-0.4, -0.2) is 46.9 Å². The molecule has 0 saturated carbocycles. The predicted octanol–water partition coefficient (Wildman–Crippen LogP) is 14.9. The minimum Gasteiger partial charge on any atom is -0.458 e. The van der Waals surface area contributed by atoms with Gasteiger partial charge in [0.25, 0.3) is 0 Å². The van der Waals surface area contributed by atoms with E-state index in [1.165, 1.54) is 77.0 Å². The molecule has 0 rings (SSSR count). The fourth-order valence-electron chi connectivity index (χ4n) is 6.93. The van der Waals surface area contributed by atoms with Gasteiger partial charge in [-0.2, -0.15) is 0 Å². The number of allylic oxidation sites excluding steroid dienone is 15. The summed E-state index contributed by atoms with van der Waals surface area (Å²) in [5.41, 5.74) is 0. The molecule has 0 aromatic carbocycles. The second kappa shape index (κ2) is 47.8. The molecule has 0 radical (unpaired) electrons. The van der Waals surface area contributed by atoms with Crippen molar-refractivity contribution >= 4 is 11.9 Å². The van der Waals surface area contributed by atoms with Crippen LogP contribution >= 0.6 is 0 Å². The first-order chi connectivity index (χ1) is 30.0. The summed E-state index contributed by atoms with van der Waals surface area (Å²) in [7, 11) is 0. The average molecular weight is 848 g/mol. The lowest BCUT2D eigenvalue weighted by atomic mass is 10.0. The number of unbranched alkanes of at least 4 members (excludes halogenated alkanes) is 17. The Labute approximate surface area is 376 Å². The van der Waals surface area contributed by atoms with Crippen LogP contribution in [0.1, 0.15) is 213 Å². The second-order valence-electron chi connectivity index (χ2n) is 16.5. The van der Waals surface area contributed by atoms with E-state index in [9.17, 15) is 19.8 Å². The number of nitrogens with one attached hydrogen (secondary N) is 1. The number of aliphatic hydroxyl groups is 2. The van der Waals surface area contributed by atoms with Crippen LogP contribution < -0.4 is 5.32 Å². The van der Waals surface area contributed by atoms with Gasteiger partial charge in [0.2, 0.25) is 5.91 Å². The highest BCUT2D eigenvalue weighted by molar-refractivity contribution is 5.78. The Balaban J connectivity index is 4.81. The van der Waals surface area contributed by atoms with Crippen molar-refractivity contribution in [2.24, 2.45) is 0 Å². The molecule has 348 valence electrons. The van der Waals surface area contributed by atoms with Crippen LogP contribution in [0.2, 0.25) is 0 Å². The van der Waals surface area contributed by atoms with E-state index in [-0.39, 0.29) is 24.9 Å². The zero-order valence-corrected chi connectivity index (χ0v) is 39.5. The summed E-state index contributed by atoms with van der Waals surface area (Å²) < 4.78 is 5.81. The van der Waals surface area contributed by atoms with Crippen LogP contribution in [0.4, 0.5) is 0 Å². The number of ether oxygens (including phenoxy) is 1. The van der Waals surface area contributed by atoms with E-state index in [2.05, 4.69) is 111 Å². The number of rotatable bonds is 43. The minimum absolute atomic E-state index is 0.0554. The molecule has 3 atom stereocenters. The van der Waals surface area contributed by atoms with Gasteiger partial charge in [0.15, 0.2) is 0 Å². The summed E-state index contributed by atoms with van der Waals surface area (Å²) in [6.07, 6.45) is 63.5. The maximum atomic E-state index is 13.2. The smallest absolute Gasteiger partial charge is 0.306 e. The highest BCUT2D eigenvalue weighted by Gasteiger charge is 2.23. The van der Waals surface area contributed by atoms with E-state index in [1.807, 2.05) is 6.08 Å². The highest BCUT2D eigenvalue weighted by atomic mass is 16.5. The van der Waals surface area contributed by atoms with E-state index >= 15 is 0 Å². The summed E-state index contributed by atoms with van der Waals surface area (Å²) in [4.78, 5) is 26.0. The molecule has 61 heavy (non-hydrogen) atoms. The van der Waals surface area contributed by atoms with Crippen molar-refractivity contribution in [3.8, 4) is 0 Å². The number of esters is 1. The molecule has 1 amide bonds. The van der Waals surface area contributed by atoms with E-state index < -0.39 is 18.2 Å². The maximum absolute atomic E-state index is 13.2. The van der Waals surface area contributed by atoms with E-state index in [1.54, 1.807) is 6.08 Å². The Morgan fingerprint density at radius 1 is 0.508 bits per heavy atom. The van der Waals surface area contributed by atoms with E-state index in [4.69, 9.17) is 4.74 Å². The van der Waals surface area contributed by atoms with Crippen LogP contribution in [-0.2, 0) is 14.3 Å². The first-order valence-corrected chi connectivity index (χ1v) is 25.0. The van der Waals surface area contributed by atoms with Crippen molar-refractivity contribution < 1.29 is 24.5 Å². The van der Waals surface area contributed by atoms with Gasteiger partial charge >= 0.3 is 5.97 Å². The van der Waals surface area contributed by atoms with Gasteiger partial charge in [0.05, 0.1) is 25.2 Å². The van der Waals surface area contributed by atoms with Gasteiger partial charge in [-0.1, -0.05) is 215 Å². The average Bonchev–Trinajstić information content (AvgIpc) is 3.25. The number of amides is 1. The van der Waals surface area contributed by atoms with E-state index in [0.29, 0.717) is 19.3 Å². The van der Waals surface area contributed by atoms with Gasteiger partial charge in [-0.15, -0.1) is 0 Å². The van der Waals surface area contributed by atoms with Gasteiger partial charge < -0.3 is 20.3 Å². The van der Waals surface area contributed by atoms with Gasteiger partial charge in [-0.3, -0.25) is 9.59 Å². The highest BCUT2D eigenvalue weighted by Crippen LogP contribution is 2.15. The number of hydrogen-bond acceptors (Lipinski definition) is 5. The molecule has 6 nitrogen and oxygen atoms in total. The van der Waals surface area contributed by atoms with Crippen LogP contribution in [0.5, 0.6) is 0 Å². The Bertz CT molecular complexity index is 1220. The molecule has 3 unspecified atom stereocenters. The molecule has 3 N–H and O–H groups in total. The number of carbonyl (C=O) groups is 2. The summed E-state index contributed by atoms with van der Waals surface area (Å²) in [6.45, 7) is 6.21. The molecule has 0 heterocycles. The Morgan fingerprint density at radius 3 is 1.39 bits per heavy atom. The number of aliphatic hydroxyl groups excluding tert-OH is 2. The molecule has 0 fully saturated rings. The standard InChI is InChI=1S/C55H93NO5/c1-4-7-10-13-16-19-22-24-26-27-28-29-32-34-37-40-43-46-51(61-55(60)48-45-42-39-36-33-30-25-23-20-17-14-11-8-5-2)49-54(59)56-52(50-57)53(58)47-44-41-38-35-31-21-18-15-12-9-6-3/h7-8,10-11,16-17,19-20,24,26,28-29,34,37,43,46,51-53,57-58H,4-6,9,12-15,18,21-23,25,27,30-33,35-36,38-42,44-45,47-50H2,1-3H3,(H,56,59)/b10-7-,11-8+,19-16-,20-17+,26-24-,29-28-,37-34-,46-43-. The Hall–Kier alpha value is -3.22. The quantitative estimate of drug-likeness (QED) is 0.0323. The van der Waals surface area contributed by atoms with E-state index in [0.717, 1.165) is 89.9 Å². The lowest BCUT2D eigenvalue weighted by Gasteiger charge is -2.23. The van der Waals surface area contributed by atoms with Crippen molar-refractivity contribution in [3.05, 3.63) is 97.2 Å². The Morgan fingerprint density at radius 2 is 0.918 bits per heavy atom.